The fourth-order valence-corrected chi connectivity index (χ4v) is 6.28. The minimum atomic E-state index is -0.458. The molecular weight excluding hydrogens is 594 g/mol. The lowest BCUT2D eigenvalue weighted by Gasteiger charge is -2.06. The molecule has 0 aliphatic rings. The van der Waals surface area contributed by atoms with Gasteiger partial charge in [0, 0.05) is 74.9 Å². The molecule has 8 heteroatoms. The van der Waals surface area contributed by atoms with Gasteiger partial charge in [-0.25, -0.2) is 0 Å². The second-order valence-corrected chi connectivity index (χ2v) is 11.8. The quantitative estimate of drug-likeness (QED) is 0.158. The molecule has 0 bridgehead atoms. The summed E-state index contributed by atoms with van der Waals surface area (Å²) in [5.74, 6) is -0.577. The molecule has 2 amide bonds. The van der Waals surface area contributed by atoms with Gasteiger partial charge < -0.3 is 20.2 Å². The van der Waals surface area contributed by atoms with E-state index in [0.717, 1.165) is 65.9 Å². The predicted octanol–water partition coefficient (Wildman–Crippen LogP) is 8.83. The van der Waals surface area contributed by atoms with Crippen molar-refractivity contribution in [1.29, 1.82) is 0 Å². The summed E-state index contributed by atoms with van der Waals surface area (Å²) in [6.45, 7) is 12.3. The van der Waals surface area contributed by atoms with Gasteiger partial charge >= 0.3 is 0 Å². The normalized spacial score (nSPS) is 11.2. The summed E-state index contributed by atoms with van der Waals surface area (Å²) in [5.41, 5.74) is 14.5. The largest absolute Gasteiger partial charge is 0.366 e. The second-order valence-electron chi connectivity index (χ2n) is 11.8. The minimum Gasteiger partial charge on any atom is -0.366 e. The Bertz CT molecular complexity index is 2170. The van der Waals surface area contributed by atoms with Crippen LogP contribution in [-0.4, -0.2) is 41.3 Å². The van der Waals surface area contributed by atoms with Gasteiger partial charge in [0.25, 0.3) is 5.91 Å². The molecule has 6 rings (SSSR count). The molecule has 0 saturated heterocycles. The number of primary amides is 1. The van der Waals surface area contributed by atoms with E-state index in [1.165, 1.54) is 0 Å². The van der Waals surface area contributed by atoms with Gasteiger partial charge in [-0.1, -0.05) is 48.6 Å². The van der Waals surface area contributed by atoms with Gasteiger partial charge in [-0.2, -0.15) is 0 Å². The van der Waals surface area contributed by atoms with Crippen molar-refractivity contribution < 1.29 is 18.4 Å². The van der Waals surface area contributed by atoms with Gasteiger partial charge in [-0.15, -0.1) is 0 Å². The summed E-state index contributed by atoms with van der Waals surface area (Å²) < 4.78 is 29.5. The number of fused-ring (bicyclic) bond motifs is 6. The maximum absolute atomic E-state index is 12.7. The summed E-state index contributed by atoms with van der Waals surface area (Å²) in [7, 11) is 1.63. The number of alkyl halides is 2. The van der Waals surface area contributed by atoms with E-state index in [-0.39, 0.29) is 19.3 Å². The topological polar surface area (TPSA) is 82.1 Å². The number of carbonyl (C=O) groups excluding carboxylic acids is 2. The Morgan fingerprint density at radius 3 is 1.55 bits per heavy atom. The van der Waals surface area contributed by atoms with E-state index < -0.39 is 5.91 Å². The molecule has 0 unspecified atom stereocenters. The predicted molar refractivity (Wildman–Crippen MR) is 191 cm³/mol. The first kappa shape index (κ1) is 33.1. The smallest absolute Gasteiger partial charge is 0.251 e. The molecule has 2 heterocycles. The Hall–Kier alpha value is -5.24. The van der Waals surface area contributed by atoms with Crippen LogP contribution in [0.4, 0.5) is 8.78 Å². The molecule has 0 fully saturated rings. The number of aryl methyl sites for hydroxylation is 2. The number of allylic oxidation sites excluding steroid dienone is 2. The Kier molecular flexibility index (Phi) is 9.89. The zero-order chi connectivity index (χ0) is 33.8. The van der Waals surface area contributed by atoms with E-state index in [2.05, 4.69) is 33.7 Å². The average Bonchev–Trinajstić information content (AvgIpc) is 3.57. The zero-order valence-corrected chi connectivity index (χ0v) is 27.1. The molecule has 6 nitrogen and oxygen atoms in total. The third-order valence-corrected chi connectivity index (χ3v) is 8.53. The van der Waals surface area contributed by atoms with Crippen molar-refractivity contribution in [3.8, 4) is 0 Å². The molecule has 6 aromatic rings. The molecule has 2 aromatic heterocycles. The van der Waals surface area contributed by atoms with Crippen LogP contribution in [-0.2, 0) is 13.1 Å². The van der Waals surface area contributed by atoms with E-state index >= 15 is 0 Å². The molecule has 0 radical (unpaired) electrons. The van der Waals surface area contributed by atoms with Crippen molar-refractivity contribution in [2.75, 3.05) is 20.4 Å². The van der Waals surface area contributed by atoms with Gasteiger partial charge in [0.2, 0.25) is 5.91 Å². The highest BCUT2D eigenvalue weighted by atomic mass is 19.1. The third kappa shape index (κ3) is 6.28. The monoisotopic (exact) mass is 634 g/mol. The molecule has 0 aliphatic carbocycles. The first-order valence-corrected chi connectivity index (χ1v) is 15.7. The number of nitrogens with two attached hydrogens (primary N) is 1. The zero-order valence-electron chi connectivity index (χ0n) is 27.1. The maximum Gasteiger partial charge on any atom is 0.251 e. The van der Waals surface area contributed by atoms with E-state index in [9.17, 15) is 18.4 Å². The van der Waals surface area contributed by atoms with E-state index in [0.29, 0.717) is 37.1 Å². The van der Waals surface area contributed by atoms with Crippen LogP contribution >= 0.6 is 0 Å². The number of hydrogen-bond acceptors (Lipinski definition) is 2. The van der Waals surface area contributed by atoms with Crippen LogP contribution < -0.4 is 11.1 Å². The van der Waals surface area contributed by atoms with Crippen molar-refractivity contribution in [2.45, 2.75) is 39.8 Å². The van der Waals surface area contributed by atoms with Crippen molar-refractivity contribution in [3.63, 3.8) is 0 Å². The van der Waals surface area contributed by atoms with E-state index in [4.69, 9.17) is 5.73 Å². The van der Waals surface area contributed by atoms with Gasteiger partial charge in [0.05, 0.1) is 13.3 Å². The summed E-state index contributed by atoms with van der Waals surface area (Å²) in [6.07, 6.45) is 0.882. The van der Waals surface area contributed by atoms with Crippen LogP contribution in [0.5, 0.6) is 0 Å². The standard InChI is InChI=1S/C20H21FN2O.C19H19FN2O/c1-13(2)14-8-9-17-16(12-14)19-15(20(24)22-3)6-4-7-18(19)23(17)11-5-10-21;1-12(2)13-7-8-16-15(11-13)18-14(19(21)23)5-3-6-17(18)22(16)10-4-9-20/h4,6-9,12H,1,5,10-11H2,2-3H3,(H,22,24);3,5-8,11H,1,4,9-10H2,2H3,(H2,21,23). The Morgan fingerprint density at radius 2 is 1.15 bits per heavy atom. The van der Waals surface area contributed by atoms with Gasteiger partial charge in [0.1, 0.15) is 0 Å². The van der Waals surface area contributed by atoms with Crippen LogP contribution in [0, 0.1) is 0 Å². The van der Waals surface area contributed by atoms with Gasteiger partial charge in [-0.3, -0.25) is 18.4 Å². The fraction of sp³-hybridized carbons (Fsp3) is 0.231. The first-order chi connectivity index (χ1) is 22.6. The molecule has 0 spiro atoms. The molecule has 0 atom stereocenters. The lowest BCUT2D eigenvalue weighted by Crippen LogP contribution is -2.17. The number of halogens is 2. The highest BCUT2D eigenvalue weighted by Crippen LogP contribution is 2.35. The van der Waals surface area contributed by atoms with E-state index in [1.54, 1.807) is 13.1 Å². The number of nitrogens with zero attached hydrogens (tertiary/aromatic N) is 2. The highest BCUT2D eigenvalue weighted by molar-refractivity contribution is 6.19. The number of nitrogens with one attached hydrogen (secondary N) is 1. The van der Waals surface area contributed by atoms with Crippen LogP contribution in [0.2, 0.25) is 0 Å². The molecule has 47 heavy (non-hydrogen) atoms. The van der Waals surface area contributed by atoms with Gasteiger partial charge in [-0.05, 0) is 86.3 Å². The lowest BCUT2D eigenvalue weighted by molar-refractivity contribution is 0.0963. The highest BCUT2D eigenvalue weighted by Gasteiger charge is 2.18. The number of amides is 2. The fourth-order valence-electron chi connectivity index (χ4n) is 6.28. The van der Waals surface area contributed by atoms with Crippen LogP contribution in [0.25, 0.3) is 54.8 Å². The van der Waals surface area contributed by atoms with E-state index in [1.807, 2.05) is 74.5 Å². The molecule has 242 valence electrons. The van der Waals surface area contributed by atoms with Gasteiger partial charge in [0.15, 0.2) is 0 Å². The second kappa shape index (κ2) is 14.0. The summed E-state index contributed by atoms with van der Waals surface area (Å²) in [6, 6.07) is 23.3. The summed E-state index contributed by atoms with van der Waals surface area (Å²) >= 11 is 0. The number of rotatable bonds is 10. The average molecular weight is 635 g/mol. The summed E-state index contributed by atoms with van der Waals surface area (Å²) in [5, 5.41) is 6.40. The summed E-state index contributed by atoms with van der Waals surface area (Å²) in [4.78, 5) is 24.2. The Balaban J connectivity index is 0.000000185. The van der Waals surface area contributed by atoms with Crippen molar-refractivity contribution in [3.05, 3.63) is 108 Å². The SMILES string of the molecule is C=C(C)c1ccc2c(c1)c1c(C(=O)NC)cccc1n2CCCF.C=C(C)c1ccc2c(c1)c1c(C(N)=O)cccc1n2CCCF. The van der Waals surface area contributed by atoms with Crippen molar-refractivity contribution >= 4 is 66.6 Å². The number of hydrogen-bond donors (Lipinski definition) is 2. The van der Waals surface area contributed by atoms with Crippen molar-refractivity contribution in [2.24, 2.45) is 5.73 Å². The maximum atomic E-state index is 12.7. The Morgan fingerprint density at radius 1 is 0.702 bits per heavy atom. The Labute approximate surface area is 273 Å². The number of carbonyl (C=O) groups is 2. The van der Waals surface area contributed by atoms with Crippen LogP contribution in [0.15, 0.2) is 86.0 Å². The molecule has 0 aliphatic heterocycles. The molecule has 3 N–H and O–H groups in total. The number of benzene rings is 4. The first-order valence-electron chi connectivity index (χ1n) is 15.7. The molecule has 4 aromatic carbocycles. The van der Waals surface area contributed by atoms with Crippen LogP contribution in [0.3, 0.4) is 0 Å². The van der Waals surface area contributed by atoms with Crippen molar-refractivity contribution in [1.82, 2.24) is 14.5 Å². The molecular formula is C39H40F2N4O2. The third-order valence-electron chi connectivity index (χ3n) is 8.53. The van der Waals surface area contributed by atoms with Crippen LogP contribution in [0.1, 0.15) is 58.5 Å². The lowest BCUT2D eigenvalue weighted by atomic mass is 10.0. The molecule has 0 saturated carbocycles. The minimum absolute atomic E-state index is 0.120. The number of aromatic nitrogens is 2.